The number of carbonyl (C=O) groups is 1. The average Bonchev–Trinajstić information content (AvgIpc) is 2.95. The topological polar surface area (TPSA) is 57.7 Å². The Kier molecular flexibility index (Phi) is 5.59. The van der Waals surface area contributed by atoms with Crippen LogP contribution in [0.3, 0.4) is 0 Å². The molecule has 3 rings (SSSR count). The molecule has 1 aliphatic heterocycles. The Hall–Kier alpha value is -1.66. The number of hydrogen-bond donors (Lipinski definition) is 0. The minimum Gasteiger partial charge on any atom is -0.341 e. The monoisotopic (exact) mass is 362 g/mol. The Labute approximate surface area is 150 Å². The third kappa shape index (κ3) is 4.30. The molecule has 1 aliphatic carbocycles. The normalized spacial score (nSPS) is 22.1. The Morgan fingerprint density at radius 2 is 1.88 bits per heavy atom. The molecule has 1 aromatic rings. The van der Waals surface area contributed by atoms with Gasteiger partial charge in [-0.3, -0.25) is 4.79 Å². The van der Waals surface area contributed by atoms with Gasteiger partial charge in [-0.15, -0.1) is 0 Å². The third-order valence-electron chi connectivity index (χ3n) is 5.02. The van der Waals surface area contributed by atoms with Crippen molar-refractivity contribution in [1.82, 2.24) is 9.21 Å². The van der Waals surface area contributed by atoms with Gasteiger partial charge in [0.15, 0.2) is 0 Å². The van der Waals surface area contributed by atoms with Gasteiger partial charge >= 0.3 is 0 Å². The molecule has 0 saturated carbocycles. The highest BCUT2D eigenvalue weighted by Crippen LogP contribution is 2.22. The van der Waals surface area contributed by atoms with Crippen molar-refractivity contribution in [2.75, 3.05) is 26.2 Å². The van der Waals surface area contributed by atoms with Gasteiger partial charge < -0.3 is 4.90 Å². The predicted octanol–water partition coefficient (Wildman–Crippen LogP) is 2.57. The van der Waals surface area contributed by atoms with Crippen LogP contribution in [0, 0.1) is 12.8 Å². The van der Waals surface area contributed by atoms with Crippen molar-refractivity contribution in [2.24, 2.45) is 5.92 Å². The number of nitrogens with zero attached hydrogens (tertiary/aromatic N) is 2. The van der Waals surface area contributed by atoms with Crippen molar-refractivity contribution in [1.29, 1.82) is 0 Å². The zero-order chi connectivity index (χ0) is 17.9. The number of amides is 1. The highest BCUT2D eigenvalue weighted by molar-refractivity contribution is 7.89. The minimum absolute atomic E-state index is 0.145. The van der Waals surface area contributed by atoms with E-state index >= 15 is 0 Å². The molecule has 2 aliphatic rings. The average molecular weight is 362 g/mol. The quantitative estimate of drug-likeness (QED) is 0.774. The summed E-state index contributed by atoms with van der Waals surface area (Å²) in [5.41, 5.74) is 1.03. The molecule has 0 N–H and O–H groups in total. The van der Waals surface area contributed by atoms with E-state index in [1.807, 2.05) is 24.0 Å². The smallest absolute Gasteiger partial charge is 0.243 e. The molecule has 1 fully saturated rings. The molecule has 0 bridgehead atoms. The van der Waals surface area contributed by atoms with E-state index in [0.29, 0.717) is 49.8 Å². The molecule has 1 aromatic carbocycles. The van der Waals surface area contributed by atoms with Crippen molar-refractivity contribution >= 4 is 15.9 Å². The van der Waals surface area contributed by atoms with Crippen LogP contribution in [0.5, 0.6) is 0 Å². The molecule has 0 radical (unpaired) electrons. The lowest BCUT2D eigenvalue weighted by molar-refractivity contribution is -0.131. The molecule has 1 heterocycles. The van der Waals surface area contributed by atoms with Crippen molar-refractivity contribution in [2.45, 2.75) is 37.5 Å². The number of rotatable bonds is 4. The van der Waals surface area contributed by atoms with Crippen LogP contribution in [0.25, 0.3) is 0 Å². The van der Waals surface area contributed by atoms with E-state index in [1.54, 1.807) is 12.1 Å². The highest BCUT2D eigenvalue weighted by Gasteiger charge is 2.28. The number of aryl methyl sites for hydroxylation is 1. The van der Waals surface area contributed by atoms with Crippen LogP contribution >= 0.6 is 0 Å². The molecule has 6 heteroatoms. The van der Waals surface area contributed by atoms with E-state index in [9.17, 15) is 13.2 Å². The van der Waals surface area contributed by atoms with Crippen molar-refractivity contribution in [3.63, 3.8) is 0 Å². The van der Waals surface area contributed by atoms with Crippen molar-refractivity contribution < 1.29 is 13.2 Å². The minimum atomic E-state index is -3.49. The lowest BCUT2D eigenvalue weighted by Gasteiger charge is -2.23. The second kappa shape index (κ2) is 7.70. The van der Waals surface area contributed by atoms with E-state index in [1.165, 1.54) is 4.31 Å². The Morgan fingerprint density at radius 3 is 2.56 bits per heavy atom. The molecule has 5 nitrogen and oxygen atoms in total. The lowest BCUT2D eigenvalue weighted by Crippen LogP contribution is -2.37. The first kappa shape index (κ1) is 18.1. The molecule has 1 unspecified atom stereocenters. The van der Waals surface area contributed by atoms with Gasteiger partial charge in [-0.1, -0.05) is 29.8 Å². The third-order valence-corrected chi connectivity index (χ3v) is 6.93. The molecular formula is C19H26N2O3S. The predicted molar refractivity (Wildman–Crippen MR) is 97.6 cm³/mol. The first-order valence-corrected chi connectivity index (χ1v) is 10.4. The summed E-state index contributed by atoms with van der Waals surface area (Å²) in [4.78, 5) is 14.7. The van der Waals surface area contributed by atoms with Gasteiger partial charge in [0.2, 0.25) is 15.9 Å². The first-order chi connectivity index (χ1) is 12.0. The zero-order valence-electron chi connectivity index (χ0n) is 14.7. The van der Waals surface area contributed by atoms with Crippen LogP contribution in [0.4, 0.5) is 0 Å². The number of sulfonamides is 1. The second-order valence-corrected chi connectivity index (χ2v) is 8.86. The maximum Gasteiger partial charge on any atom is 0.243 e. The molecule has 1 saturated heterocycles. The van der Waals surface area contributed by atoms with Gasteiger partial charge in [-0.25, -0.2) is 8.42 Å². The molecule has 0 spiro atoms. The summed E-state index contributed by atoms with van der Waals surface area (Å²) < 4.78 is 27.2. The molecular weight excluding hydrogens is 336 g/mol. The Balaban J connectivity index is 1.63. The summed E-state index contributed by atoms with van der Waals surface area (Å²) in [6.07, 6.45) is 7.59. The van der Waals surface area contributed by atoms with E-state index < -0.39 is 10.0 Å². The van der Waals surface area contributed by atoms with Gasteiger partial charge in [0.1, 0.15) is 0 Å². The number of carbonyl (C=O) groups excluding carboxylic acids is 1. The van der Waals surface area contributed by atoms with Gasteiger partial charge in [-0.05, 0) is 44.2 Å². The fourth-order valence-electron chi connectivity index (χ4n) is 3.46. The van der Waals surface area contributed by atoms with Gasteiger partial charge in [0, 0.05) is 32.6 Å². The summed E-state index contributed by atoms with van der Waals surface area (Å²) in [6, 6.07) is 6.95. The highest BCUT2D eigenvalue weighted by atomic mass is 32.2. The summed E-state index contributed by atoms with van der Waals surface area (Å²) >= 11 is 0. The standard InChI is InChI=1S/C19H26N2O3S/c1-16-7-9-18(10-8-16)25(23,24)21-12-4-11-20(13-14-21)19(22)15-17-5-2-3-6-17/h2,5,7-10,17H,3-4,6,11-15H2,1H3. The molecule has 1 atom stereocenters. The van der Waals surface area contributed by atoms with E-state index in [0.717, 1.165) is 18.4 Å². The van der Waals surface area contributed by atoms with Crippen molar-refractivity contribution in [3.8, 4) is 0 Å². The molecule has 0 aromatic heterocycles. The summed E-state index contributed by atoms with van der Waals surface area (Å²) in [5, 5.41) is 0. The maximum atomic E-state index is 12.8. The van der Waals surface area contributed by atoms with Crippen molar-refractivity contribution in [3.05, 3.63) is 42.0 Å². The van der Waals surface area contributed by atoms with E-state index in [2.05, 4.69) is 12.2 Å². The van der Waals surface area contributed by atoms with Gasteiger partial charge in [0.25, 0.3) is 0 Å². The summed E-state index contributed by atoms with van der Waals surface area (Å²) in [7, 11) is -3.49. The fourth-order valence-corrected chi connectivity index (χ4v) is 4.93. The number of hydrogen-bond acceptors (Lipinski definition) is 3. The Bertz CT molecular complexity index is 740. The fraction of sp³-hybridized carbons (Fsp3) is 0.526. The molecule has 136 valence electrons. The van der Waals surface area contributed by atoms with Crippen LogP contribution in [-0.2, 0) is 14.8 Å². The SMILES string of the molecule is Cc1ccc(S(=O)(=O)N2CCCN(C(=O)CC3C=CCC3)CC2)cc1. The van der Waals surface area contributed by atoms with Crippen LogP contribution in [0.1, 0.15) is 31.2 Å². The number of benzene rings is 1. The summed E-state index contributed by atoms with van der Waals surface area (Å²) in [6.45, 7) is 3.87. The molecule has 1 amide bonds. The second-order valence-electron chi connectivity index (χ2n) is 6.92. The van der Waals surface area contributed by atoms with Gasteiger partial charge in [-0.2, -0.15) is 4.31 Å². The lowest BCUT2D eigenvalue weighted by atomic mass is 10.0. The Morgan fingerprint density at radius 1 is 1.12 bits per heavy atom. The zero-order valence-corrected chi connectivity index (χ0v) is 15.5. The maximum absolute atomic E-state index is 12.8. The largest absolute Gasteiger partial charge is 0.341 e. The summed E-state index contributed by atoms with van der Waals surface area (Å²) in [5.74, 6) is 0.495. The van der Waals surface area contributed by atoms with Crippen LogP contribution in [-0.4, -0.2) is 49.7 Å². The van der Waals surface area contributed by atoms with E-state index in [4.69, 9.17) is 0 Å². The van der Waals surface area contributed by atoms with Crippen LogP contribution in [0.15, 0.2) is 41.3 Å². The van der Waals surface area contributed by atoms with Gasteiger partial charge in [0.05, 0.1) is 4.90 Å². The van der Waals surface area contributed by atoms with Crippen LogP contribution in [0.2, 0.25) is 0 Å². The van der Waals surface area contributed by atoms with Crippen LogP contribution < -0.4 is 0 Å². The van der Waals surface area contributed by atoms with E-state index in [-0.39, 0.29) is 5.91 Å². The first-order valence-electron chi connectivity index (χ1n) is 8.98. The molecule has 25 heavy (non-hydrogen) atoms. The number of allylic oxidation sites excluding steroid dienone is 2.